The molecule has 0 spiro atoms. The lowest BCUT2D eigenvalue weighted by Gasteiger charge is -2.44. The molecule has 0 N–H and O–H groups in total. The Morgan fingerprint density at radius 2 is 0.857 bits per heavy atom. The first-order valence-electron chi connectivity index (χ1n) is 7.68. The summed E-state index contributed by atoms with van der Waals surface area (Å²) < 4.78 is 20.0. The molecule has 0 aromatic rings. The van der Waals surface area contributed by atoms with Crippen molar-refractivity contribution in [3.63, 3.8) is 0 Å². The van der Waals surface area contributed by atoms with Crippen molar-refractivity contribution in [3.05, 3.63) is 24.3 Å². The van der Waals surface area contributed by atoms with E-state index in [0.29, 0.717) is 0 Å². The average molecular weight is 361 g/mol. The minimum Gasteiger partial charge on any atom is -0.416 e. The van der Waals surface area contributed by atoms with E-state index in [9.17, 15) is 0 Å². The van der Waals surface area contributed by atoms with Crippen molar-refractivity contribution in [2.24, 2.45) is 0 Å². The van der Waals surface area contributed by atoms with Gasteiger partial charge in [-0.1, -0.05) is 24.3 Å². The highest BCUT2D eigenvalue weighted by Gasteiger charge is 2.54. The van der Waals surface area contributed by atoms with E-state index < -0.39 is 33.8 Å². The number of rotatable bonds is 7. The average Bonchev–Trinajstić information content (AvgIpc) is 2.59. The molecule has 0 saturated carbocycles. The molecule has 1 rings (SSSR count). The number of hydrogen-bond acceptors (Lipinski definition) is 3. The van der Waals surface area contributed by atoms with Gasteiger partial charge in [0.1, 0.15) is 0 Å². The Kier molecular flexibility index (Phi) is 5.86. The van der Waals surface area contributed by atoms with Crippen LogP contribution >= 0.6 is 0 Å². The third kappa shape index (κ3) is 6.89. The smallest absolute Gasteiger partial charge is 0.416 e. The fourth-order valence-corrected chi connectivity index (χ4v) is 16.4. The summed E-state index contributed by atoms with van der Waals surface area (Å²) in [6.45, 7) is 20.0. The highest BCUT2D eigenvalue weighted by atomic mass is 28.5. The van der Waals surface area contributed by atoms with Crippen molar-refractivity contribution in [3.8, 4) is 0 Å². The van der Waals surface area contributed by atoms with Gasteiger partial charge in [0.15, 0.2) is 25.0 Å². The molecule has 1 aliphatic rings. The van der Waals surface area contributed by atoms with Crippen LogP contribution in [0.4, 0.5) is 0 Å². The maximum atomic E-state index is 6.66. The SMILES string of the molecule is C[Si](C)(C)O[Si](O[Si](C)(C)C)(O[Si](C)(C)C)C1C=CC=C1. The van der Waals surface area contributed by atoms with Gasteiger partial charge in [-0.15, -0.1) is 0 Å². The van der Waals surface area contributed by atoms with Crippen LogP contribution in [0.15, 0.2) is 24.3 Å². The van der Waals surface area contributed by atoms with E-state index in [0.717, 1.165) is 0 Å². The van der Waals surface area contributed by atoms with Crippen molar-refractivity contribution in [1.29, 1.82) is 0 Å². The zero-order valence-electron chi connectivity index (χ0n) is 15.1. The van der Waals surface area contributed by atoms with Gasteiger partial charge in [-0.3, -0.25) is 0 Å². The van der Waals surface area contributed by atoms with Gasteiger partial charge in [0, 0.05) is 0 Å². The van der Waals surface area contributed by atoms with E-state index in [4.69, 9.17) is 12.3 Å². The molecule has 0 aromatic heterocycles. The van der Waals surface area contributed by atoms with Gasteiger partial charge in [0.2, 0.25) is 0 Å². The summed E-state index contributed by atoms with van der Waals surface area (Å²) in [5.74, 6) is 0. The largest absolute Gasteiger partial charge is 0.480 e. The Bertz CT molecular complexity index is 361. The van der Waals surface area contributed by atoms with Crippen molar-refractivity contribution in [2.45, 2.75) is 64.5 Å². The van der Waals surface area contributed by atoms with E-state index in [2.05, 4.69) is 83.2 Å². The predicted octanol–water partition coefficient (Wildman–Crippen LogP) is 4.98. The summed E-state index contributed by atoms with van der Waals surface area (Å²) in [7, 11) is -8.07. The summed E-state index contributed by atoms with van der Waals surface area (Å²) in [6, 6.07) is 0. The van der Waals surface area contributed by atoms with Gasteiger partial charge in [-0.25, -0.2) is 0 Å². The minimum atomic E-state index is -2.76. The van der Waals surface area contributed by atoms with Gasteiger partial charge < -0.3 is 12.3 Å². The van der Waals surface area contributed by atoms with Crippen LogP contribution in [-0.4, -0.2) is 33.8 Å². The van der Waals surface area contributed by atoms with Crippen LogP contribution in [-0.2, 0) is 12.3 Å². The molecule has 0 radical (unpaired) electrons. The van der Waals surface area contributed by atoms with Crippen LogP contribution in [0.1, 0.15) is 0 Å². The Morgan fingerprint density at radius 1 is 0.571 bits per heavy atom. The van der Waals surface area contributed by atoms with Gasteiger partial charge in [0.25, 0.3) is 0 Å². The summed E-state index contributed by atoms with van der Waals surface area (Å²) >= 11 is 0. The molecule has 0 heterocycles. The standard InChI is InChI=1S/C14H32O3Si4/c1-18(2,3)15-21(16-19(4,5)6,17-20(7,8)9)14-12-10-11-13-14/h10-14H,1-9H3. The maximum Gasteiger partial charge on any atom is 0.480 e. The molecular weight excluding hydrogens is 328 g/mol. The highest BCUT2D eigenvalue weighted by Crippen LogP contribution is 2.38. The molecule has 0 fully saturated rings. The maximum absolute atomic E-state index is 6.66. The molecule has 0 bridgehead atoms. The minimum absolute atomic E-state index is 0.169. The van der Waals surface area contributed by atoms with Gasteiger partial charge in [-0.05, 0) is 58.9 Å². The second-order valence-corrected chi connectivity index (χ2v) is 25.5. The van der Waals surface area contributed by atoms with Crippen molar-refractivity contribution >= 4 is 33.8 Å². The normalized spacial score (nSPS) is 17.8. The van der Waals surface area contributed by atoms with Crippen molar-refractivity contribution < 1.29 is 12.3 Å². The second kappa shape index (κ2) is 6.38. The van der Waals surface area contributed by atoms with Crippen LogP contribution in [0.5, 0.6) is 0 Å². The van der Waals surface area contributed by atoms with Crippen LogP contribution in [0.25, 0.3) is 0 Å². The molecule has 21 heavy (non-hydrogen) atoms. The topological polar surface area (TPSA) is 27.7 Å². The monoisotopic (exact) mass is 360 g/mol. The van der Waals surface area contributed by atoms with Gasteiger partial charge in [0.05, 0.1) is 5.54 Å². The Hall–Kier alpha value is 0.228. The first-order valence-corrected chi connectivity index (χ1v) is 19.7. The van der Waals surface area contributed by atoms with E-state index >= 15 is 0 Å². The first-order chi connectivity index (χ1) is 9.23. The molecule has 0 aliphatic heterocycles. The lowest BCUT2D eigenvalue weighted by molar-refractivity contribution is 0.249. The van der Waals surface area contributed by atoms with E-state index in [-0.39, 0.29) is 5.54 Å². The molecule has 0 amide bonds. The molecule has 0 saturated heterocycles. The predicted molar refractivity (Wildman–Crippen MR) is 101 cm³/mol. The van der Waals surface area contributed by atoms with Gasteiger partial charge >= 0.3 is 8.80 Å². The summed E-state index contributed by atoms with van der Waals surface area (Å²) in [6.07, 6.45) is 8.54. The summed E-state index contributed by atoms with van der Waals surface area (Å²) in [5, 5.41) is 0. The highest BCUT2D eigenvalue weighted by molar-refractivity contribution is 6.91. The van der Waals surface area contributed by atoms with Crippen LogP contribution in [0.2, 0.25) is 64.5 Å². The molecule has 0 atom stereocenters. The quantitative estimate of drug-likeness (QED) is 0.599. The molecule has 1 aliphatic carbocycles. The van der Waals surface area contributed by atoms with Crippen LogP contribution < -0.4 is 0 Å². The Balaban J connectivity index is 3.25. The van der Waals surface area contributed by atoms with Crippen LogP contribution in [0.3, 0.4) is 0 Å². The fourth-order valence-electron chi connectivity index (χ4n) is 2.21. The lowest BCUT2D eigenvalue weighted by Crippen LogP contribution is -2.62. The zero-order chi connectivity index (χ0) is 16.5. The molecule has 0 unspecified atom stereocenters. The fraction of sp³-hybridized carbons (Fsp3) is 0.714. The summed E-state index contributed by atoms with van der Waals surface area (Å²) in [5.41, 5.74) is 0.169. The van der Waals surface area contributed by atoms with E-state index in [1.807, 2.05) is 0 Å². The van der Waals surface area contributed by atoms with E-state index in [1.165, 1.54) is 0 Å². The van der Waals surface area contributed by atoms with Gasteiger partial charge in [-0.2, -0.15) is 0 Å². The number of hydrogen-bond donors (Lipinski definition) is 0. The molecular formula is C14H32O3Si4. The molecule has 122 valence electrons. The molecule has 0 aromatic carbocycles. The Labute approximate surface area is 135 Å². The third-order valence-electron chi connectivity index (χ3n) is 2.50. The van der Waals surface area contributed by atoms with Crippen LogP contribution in [0, 0.1) is 0 Å². The van der Waals surface area contributed by atoms with Crippen molar-refractivity contribution in [2.75, 3.05) is 0 Å². The second-order valence-electron chi connectivity index (χ2n) is 8.54. The third-order valence-corrected chi connectivity index (χ3v) is 14.5. The lowest BCUT2D eigenvalue weighted by atomic mass is 10.5. The molecule has 3 nitrogen and oxygen atoms in total. The van der Waals surface area contributed by atoms with Crippen molar-refractivity contribution in [1.82, 2.24) is 0 Å². The number of allylic oxidation sites excluding steroid dienone is 4. The first kappa shape index (κ1) is 19.3. The Morgan fingerprint density at radius 3 is 1.10 bits per heavy atom. The zero-order valence-corrected chi connectivity index (χ0v) is 19.1. The van der Waals surface area contributed by atoms with E-state index in [1.54, 1.807) is 0 Å². The summed E-state index contributed by atoms with van der Waals surface area (Å²) in [4.78, 5) is 0. The molecule has 7 heteroatoms.